The molecule has 0 aliphatic heterocycles. The van der Waals surface area contributed by atoms with Gasteiger partial charge in [-0.2, -0.15) is 5.10 Å². The van der Waals surface area contributed by atoms with Crippen LogP contribution in [-0.2, 0) is 0 Å². The van der Waals surface area contributed by atoms with Gasteiger partial charge in [0.2, 0.25) is 0 Å². The van der Waals surface area contributed by atoms with E-state index in [9.17, 15) is 4.79 Å². The summed E-state index contributed by atoms with van der Waals surface area (Å²) in [5.74, 6) is 1.18. The fourth-order valence-corrected chi connectivity index (χ4v) is 2.22. The van der Waals surface area contributed by atoms with Crippen LogP contribution in [0.3, 0.4) is 0 Å². The first-order valence-electron chi connectivity index (χ1n) is 8.72. The molecular weight excluding hydrogens is 370 g/mol. The van der Waals surface area contributed by atoms with E-state index in [0.29, 0.717) is 17.1 Å². The third-order valence-corrected chi connectivity index (χ3v) is 3.71. The van der Waals surface area contributed by atoms with Crippen LogP contribution in [0.1, 0.15) is 15.9 Å². The Bertz CT molecular complexity index is 991. The van der Waals surface area contributed by atoms with Gasteiger partial charge < -0.3 is 9.47 Å². The van der Waals surface area contributed by atoms with Gasteiger partial charge in [-0.15, -0.1) is 0 Å². The van der Waals surface area contributed by atoms with Crippen LogP contribution >= 0.6 is 0 Å². The van der Waals surface area contributed by atoms with Crippen molar-refractivity contribution < 1.29 is 14.3 Å². The molecule has 0 bridgehead atoms. The topological polar surface area (TPSA) is 98.1 Å². The van der Waals surface area contributed by atoms with Gasteiger partial charge in [-0.25, -0.2) is 10.4 Å². The lowest BCUT2D eigenvalue weighted by atomic mass is 10.3. The molecule has 8 heteroatoms. The molecule has 2 heterocycles. The van der Waals surface area contributed by atoms with Crippen LogP contribution in [0.25, 0.3) is 0 Å². The monoisotopic (exact) mass is 389 g/mol. The summed E-state index contributed by atoms with van der Waals surface area (Å²) in [7, 11) is 1.58. The molecule has 2 aromatic heterocycles. The number of aromatic nitrogens is 2. The van der Waals surface area contributed by atoms with E-state index in [2.05, 4.69) is 25.5 Å². The molecular formula is C21H19N5O3. The number of benzene rings is 1. The van der Waals surface area contributed by atoms with Gasteiger partial charge in [0.05, 0.1) is 7.11 Å². The Morgan fingerprint density at radius 2 is 1.72 bits per heavy atom. The van der Waals surface area contributed by atoms with E-state index in [1.807, 2.05) is 12.1 Å². The summed E-state index contributed by atoms with van der Waals surface area (Å²) in [5, 5.41) is 4.10. The number of amides is 1. The zero-order valence-electron chi connectivity index (χ0n) is 15.7. The summed E-state index contributed by atoms with van der Waals surface area (Å²) in [6.45, 7) is 0.0470. The summed E-state index contributed by atoms with van der Waals surface area (Å²) in [6.07, 6.45) is 8.01. The molecule has 0 aliphatic rings. The molecule has 0 atom stereocenters. The van der Waals surface area contributed by atoms with Crippen molar-refractivity contribution in [3.05, 3.63) is 84.4 Å². The number of pyridine rings is 2. The third-order valence-electron chi connectivity index (χ3n) is 3.71. The van der Waals surface area contributed by atoms with Gasteiger partial charge in [-0.3, -0.25) is 14.8 Å². The summed E-state index contributed by atoms with van der Waals surface area (Å²) in [6, 6.07) is 14.0. The van der Waals surface area contributed by atoms with Gasteiger partial charge in [0.25, 0.3) is 5.91 Å². The lowest BCUT2D eigenvalue weighted by Crippen LogP contribution is -2.21. The van der Waals surface area contributed by atoms with Gasteiger partial charge in [-0.05, 0) is 42.0 Å². The largest absolute Gasteiger partial charge is 0.497 e. The summed E-state index contributed by atoms with van der Waals surface area (Å²) >= 11 is 0. The summed E-state index contributed by atoms with van der Waals surface area (Å²) in [5.41, 5.74) is 3.77. The molecule has 3 aromatic rings. The van der Waals surface area contributed by atoms with E-state index in [1.54, 1.807) is 62.1 Å². The molecule has 8 nitrogen and oxygen atoms in total. The van der Waals surface area contributed by atoms with E-state index in [-0.39, 0.29) is 18.3 Å². The Hall–Kier alpha value is -4.07. The highest BCUT2D eigenvalue weighted by Crippen LogP contribution is 2.18. The zero-order valence-corrected chi connectivity index (χ0v) is 15.7. The number of nitrogens with one attached hydrogen (secondary N) is 1. The predicted octanol–water partition coefficient (Wildman–Crippen LogP) is 2.73. The second-order valence-corrected chi connectivity index (χ2v) is 5.71. The van der Waals surface area contributed by atoms with E-state index >= 15 is 0 Å². The molecule has 3 rings (SSSR count). The maximum Gasteiger partial charge on any atom is 0.271 e. The maximum atomic E-state index is 12.2. The van der Waals surface area contributed by atoms with Crippen molar-refractivity contribution in [1.82, 2.24) is 15.4 Å². The van der Waals surface area contributed by atoms with Crippen LogP contribution in [-0.4, -0.2) is 41.6 Å². The molecule has 0 aliphatic carbocycles. The molecule has 0 fully saturated rings. The highest BCUT2D eigenvalue weighted by atomic mass is 16.5. The van der Waals surface area contributed by atoms with Crippen molar-refractivity contribution in [3.63, 3.8) is 0 Å². The Morgan fingerprint density at radius 3 is 2.45 bits per heavy atom. The minimum atomic E-state index is -0.370. The number of carbonyl (C=O) groups excluding carboxylic acids is 1. The van der Waals surface area contributed by atoms with E-state index < -0.39 is 0 Å². The van der Waals surface area contributed by atoms with E-state index in [0.717, 1.165) is 5.56 Å². The quantitative estimate of drug-likeness (QED) is 0.381. The van der Waals surface area contributed by atoms with Crippen molar-refractivity contribution in [3.8, 4) is 11.5 Å². The normalized spacial score (nSPS) is 11.3. The van der Waals surface area contributed by atoms with Crippen molar-refractivity contribution in [1.29, 1.82) is 0 Å². The highest BCUT2D eigenvalue weighted by Gasteiger charge is 2.06. The van der Waals surface area contributed by atoms with Gasteiger partial charge in [0.15, 0.2) is 5.84 Å². The van der Waals surface area contributed by atoms with Gasteiger partial charge in [0.1, 0.15) is 18.1 Å². The molecule has 146 valence electrons. The Balaban J connectivity index is 1.73. The number of hydrogen-bond donors (Lipinski definition) is 1. The second-order valence-electron chi connectivity index (χ2n) is 5.71. The van der Waals surface area contributed by atoms with Crippen molar-refractivity contribution in [2.24, 2.45) is 10.1 Å². The number of aliphatic imine (C=N–C) groups is 1. The predicted molar refractivity (Wildman–Crippen MR) is 109 cm³/mol. The van der Waals surface area contributed by atoms with Crippen LogP contribution < -0.4 is 14.9 Å². The number of hydrogen-bond acceptors (Lipinski definition) is 6. The first-order chi connectivity index (χ1) is 14.2. The Morgan fingerprint density at radius 1 is 1.03 bits per heavy atom. The fourth-order valence-electron chi connectivity index (χ4n) is 2.22. The number of ether oxygens (including phenoxy) is 2. The average molecular weight is 389 g/mol. The SMILES string of the molecule is COc1cccc(OCC(N=Cc2ccncc2)=NNC(=O)c2ccncc2)c1. The van der Waals surface area contributed by atoms with E-state index in [4.69, 9.17) is 9.47 Å². The summed E-state index contributed by atoms with van der Waals surface area (Å²) in [4.78, 5) is 24.4. The molecule has 1 aromatic carbocycles. The molecule has 0 spiro atoms. The van der Waals surface area contributed by atoms with Crippen LogP contribution in [0.5, 0.6) is 11.5 Å². The number of rotatable bonds is 7. The van der Waals surface area contributed by atoms with Crippen LogP contribution in [0, 0.1) is 0 Å². The molecule has 0 saturated carbocycles. The van der Waals surface area contributed by atoms with Crippen molar-refractivity contribution in [2.75, 3.05) is 13.7 Å². The molecule has 1 amide bonds. The standard InChI is InChI=1S/C21H19N5O3/c1-28-18-3-2-4-19(13-18)29-15-20(24-14-16-5-9-22-10-6-16)25-26-21(27)17-7-11-23-12-8-17/h2-14H,15H2,1H3,(H,26,27). The third kappa shape index (κ3) is 6.24. The molecule has 0 unspecified atom stereocenters. The molecule has 1 N–H and O–H groups in total. The average Bonchev–Trinajstić information content (AvgIpc) is 2.79. The minimum Gasteiger partial charge on any atom is -0.497 e. The van der Waals surface area contributed by atoms with Crippen LogP contribution in [0.15, 0.2) is 83.4 Å². The molecule has 0 radical (unpaired) electrons. The number of carbonyl (C=O) groups is 1. The van der Waals surface area contributed by atoms with Crippen molar-refractivity contribution >= 4 is 18.0 Å². The minimum absolute atomic E-state index is 0.0470. The Kier molecular flexibility index (Phi) is 7.00. The zero-order chi connectivity index (χ0) is 20.3. The van der Waals surface area contributed by atoms with Gasteiger partial charge in [0, 0.05) is 42.6 Å². The summed E-state index contributed by atoms with van der Waals surface area (Å²) < 4.78 is 10.9. The maximum absolute atomic E-state index is 12.2. The van der Waals surface area contributed by atoms with Crippen LogP contribution in [0.4, 0.5) is 0 Å². The number of nitrogens with zero attached hydrogens (tertiary/aromatic N) is 4. The number of amidine groups is 1. The van der Waals surface area contributed by atoms with Crippen molar-refractivity contribution in [2.45, 2.75) is 0 Å². The smallest absolute Gasteiger partial charge is 0.271 e. The lowest BCUT2D eigenvalue weighted by molar-refractivity contribution is 0.0954. The highest BCUT2D eigenvalue weighted by molar-refractivity contribution is 5.98. The van der Waals surface area contributed by atoms with Gasteiger partial charge in [-0.1, -0.05) is 6.07 Å². The second kappa shape index (κ2) is 10.3. The molecule has 0 saturated heterocycles. The number of methoxy groups -OCH3 is 1. The van der Waals surface area contributed by atoms with Gasteiger partial charge >= 0.3 is 0 Å². The van der Waals surface area contributed by atoms with Crippen LogP contribution in [0.2, 0.25) is 0 Å². The first kappa shape index (κ1) is 19.7. The fraction of sp³-hybridized carbons (Fsp3) is 0.0952. The van der Waals surface area contributed by atoms with E-state index in [1.165, 1.54) is 12.4 Å². The Labute approximate surface area is 168 Å². The molecule has 29 heavy (non-hydrogen) atoms. The lowest BCUT2D eigenvalue weighted by Gasteiger charge is -2.08. The first-order valence-corrected chi connectivity index (χ1v) is 8.72. The number of hydrazone groups is 1.